The third-order valence-corrected chi connectivity index (χ3v) is 6.30. The first-order valence-corrected chi connectivity index (χ1v) is 12.0. The topological polar surface area (TPSA) is 89.3 Å². The zero-order valence-electron chi connectivity index (χ0n) is 20.6. The highest BCUT2D eigenvalue weighted by Gasteiger charge is 2.18. The number of aromatic carboxylic acids is 1. The molecule has 4 rings (SSSR count). The lowest BCUT2D eigenvalue weighted by Crippen LogP contribution is -2.13. The molecule has 0 amide bonds. The van der Waals surface area contributed by atoms with Crippen LogP contribution < -0.4 is 10.1 Å². The van der Waals surface area contributed by atoms with E-state index in [0.29, 0.717) is 59.2 Å². The number of carboxylic acid groups (broad SMARTS) is 1. The first-order valence-electron chi connectivity index (χ1n) is 11.6. The van der Waals surface area contributed by atoms with Crippen molar-refractivity contribution in [2.24, 2.45) is 5.92 Å². The maximum Gasteiger partial charge on any atom is 0.335 e. The molecule has 2 heterocycles. The van der Waals surface area contributed by atoms with Crippen molar-refractivity contribution >= 4 is 34.3 Å². The summed E-state index contributed by atoms with van der Waals surface area (Å²) in [4.78, 5) is 20.3. The van der Waals surface area contributed by atoms with Crippen LogP contribution in [0.15, 0.2) is 42.7 Å². The normalized spacial score (nSPS) is 11.3. The number of nitrogens with one attached hydrogen (secondary N) is 1. The second-order valence-electron chi connectivity index (χ2n) is 9.06. The first-order chi connectivity index (χ1) is 17.2. The van der Waals surface area contributed by atoms with Crippen LogP contribution in [0.1, 0.15) is 35.5 Å². The molecule has 0 aliphatic carbocycles. The number of ether oxygens (including phenoxy) is 1. The van der Waals surface area contributed by atoms with Gasteiger partial charge in [0.25, 0.3) is 0 Å². The Kier molecular flexibility index (Phi) is 7.45. The number of fused-ring (bicyclic) bond motifs is 1. The molecule has 0 bridgehead atoms. The van der Waals surface area contributed by atoms with E-state index in [1.54, 1.807) is 12.1 Å². The molecule has 2 aromatic carbocycles. The number of aryl methyl sites for hydroxylation is 1. The van der Waals surface area contributed by atoms with Gasteiger partial charge >= 0.3 is 5.97 Å². The minimum atomic E-state index is -0.939. The summed E-state index contributed by atoms with van der Waals surface area (Å²) in [6.45, 7) is 6.99. The Morgan fingerprint density at radius 2 is 2.00 bits per heavy atom. The van der Waals surface area contributed by atoms with Crippen molar-refractivity contribution in [3.63, 3.8) is 0 Å². The predicted molar refractivity (Wildman–Crippen MR) is 140 cm³/mol. The number of halogens is 2. The Balaban J connectivity index is 1.55. The fourth-order valence-corrected chi connectivity index (χ4v) is 4.73. The van der Waals surface area contributed by atoms with E-state index >= 15 is 0 Å². The third-order valence-electron chi connectivity index (χ3n) is 6.02. The van der Waals surface area contributed by atoms with E-state index in [1.165, 1.54) is 19.5 Å². The number of methoxy groups -OCH3 is 1. The highest BCUT2D eigenvalue weighted by atomic mass is 35.5. The summed E-state index contributed by atoms with van der Waals surface area (Å²) in [7, 11) is 1.51. The summed E-state index contributed by atoms with van der Waals surface area (Å²) in [5, 5.41) is 13.7. The second-order valence-corrected chi connectivity index (χ2v) is 9.47. The zero-order chi connectivity index (χ0) is 26.0. The van der Waals surface area contributed by atoms with Gasteiger partial charge in [-0.2, -0.15) is 0 Å². The van der Waals surface area contributed by atoms with E-state index in [2.05, 4.69) is 29.1 Å². The quantitative estimate of drug-likeness (QED) is 0.278. The standard InChI is InChI=1S/C27H28ClFN4O3/c1-15(2)9-18-11-17(5-6-19(18)27(34)35)23-13-24(32-14-31-23)30-7-8-33-16(3)10-20-25(33)22(29)12-21(28)26(20)36-4/h5-6,10-15H,7-9H2,1-4H3,(H,34,35)(H,30,31,32). The minimum Gasteiger partial charge on any atom is -0.494 e. The molecule has 0 atom stereocenters. The number of carbonyl (C=O) groups is 1. The summed E-state index contributed by atoms with van der Waals surface area (Å²) >= 11 is 6.15. The van der Waals surface area contributed by atoms with E-state index in [-0.39, 0.29) is 5.02 Å². The zero-order valence-corrected chi connectivity index (χ0v) is 21.4. The van der Waals surface area contributed by atoms with Gasteiger partial charge < -0.3 is 19.7 Å². The van der Waals surface area contributed by atoms with Gasteiger partial charge in [-0.15, -0.1) is 0 Å². The lowest BCUT2D eigenvalue weighted by molar-refractivity contribution is 0.0695. The summed E-state index contributed by atoms with van der Waals surface area (Å²) in [6, 6.07) is 10.2. The molecule has 2 aromatic heterocycles. The van der Waals surface area contributed by atoms with Gasteiger partial charge in [0.1, 0.15) is 23.7 Å². The van der Waals surface area contributed by atoms with Crippen molar-refractivity contribution in [2.45, 2.75) is 33.7 Å². The summed E-state index contributed by atoms with van der Waals surface area (Å²) in [5.41, 5.74) is 3.90. The number of rotatable bonds is 9. The lowest BCUT2D eigenvalue weighted by Gasteiger charge is -2.13. The summed E-state index contributed by atoms with van der Waals surface area (Å²) in [6.07, 6.45) is 2.12. The molecule has 4 aromatic rings. The van der Waals surface area contributed by atoms with Crippen molar-refractivity contribution in [3.05, 3.63) is 70.4 Å². The van der Waals surface area contributed by atoms with E-state index in [1.807, 2.05) is 29.7 Å². The molecule has 0 radical (unpaired) electrons. The molecular formula is C27H28ClFN4O3. The third kappa shape index (κ3) is 5.14. The molecule has 0 spiro atoms. The van der Waals surface area contributed by atoms with Crippen molar-refractivity contribution < 1.29 is 19.0 Å². The molecule has 0 unspecified atom stereocenters. The maximum absolute atomic E-state index is 14.8. The van der Waals surface area contributed by atoms with Crippen LogP contribution in [0.5, 0.6) is 5.75 Å². The summed E-state index contributed by atoms with van der Waals surface area (Å²) < 4.78 is 22.0. The van der Waals surface area contributed by atoms with Crippen LogP contribution in [-0.4, -0.2) is 39.3 Å². The largest absolute Gasteiger partial charge is 0.494 e. The van der Waals surface area contributed by atoms with Crippen molar-refractivity contribution in [2.75, 3.05) is 19.0 Å². The molecule has 0 aliphatic heterocycles. The number of carboxylic acids is 1. The van der Waals surface area contributed by atoms with Gasteiger partial charge in [-0.25, -0.2) is 19.2 Å². The highest BCUT2D eigenvalue weighted by Crippen LogP contribution is 2.37. The van der Waals surface area contributed by atoms with Gasteiger partial charge in [-0.05, 0) is 49.1 Å². The Hall–Kier alpha value is -3.65. The Morgan fingerprint density at radius 3 is 2.69 bits per heavy atom. The number of benzene rings is 2. The number of nitrogens with zero attached hydrogens (tertiary/aromatic N) is 3. The predicted octanol–water partition coefficient (Wildman–Crippen LogP) is 6.22. The molecule has 0 saturated carbocycles. The monoisotopic (exact) mass is 510 g/mol. The fraction of sp³-hybridized carbons (Fsp3) is 0.296. The summed E-state index contributed by atoms with van der Waals surface area (Å²) in [5.74, 6) is 0.0358. The van der Waals surface area contributed by atoms with E-state index in [0.717, 1.165) is 16.8 Å². The van der Waals surface area contributed by atoms with Crippen LogP contribution in [0.4, 0.5) is 10.2 Å². The average Bonchev–Trinajstić information content (AvgIpc) is 3.15. The molecule has 188 valence electrons. The smallest absolute Gasteiger partial charge is 0.335 e. The van der Waals surface area contributed by atoms with Gasteiger partial charge in [0.2, 0.25) is 0 Å². The van der Waals surface area contributed by atoms with Crippen molar-refractivity contribution in [3.8, 4) is 17.0 Å². The number of anilines is 1. The number of hydrogen-bond donors (Lipinski definition) is 2. The van der Waals surface area contributed by atoms with Crippen LogP contribution in [0.3, 0.4) is 0 Å². The maximum atomic E-state index is 14.8. The van der Waals surface area contributed by atoms with Crippen LogP contribution in [0.25, 0.3) is 22.2 Å². The van der Waals surface area contributed by atoms with Crippen LogP contribution in [0, 0.1) is 18.7 Å². The fourth-order valence-electron chi connectivity index (χ4n) is 4.46. The highest BCUT2D eigenvalue weighted by molar-refractivity contribution is 6.33. The SMILES string of the molecule is COc1c(Cl)cc(F)c2c1cc(C)n2CCNc1cc(-c2ccc(C(=O)O)c(CC(C)C)c2)ncn1. The number of hydrogen-bond acceptors (Lipinski definition) is 5. The van der Waals surface area contributed by atoms with Gasteiger partial charge in [-0.1, -0.05) is 31.5 Å². The lowest BCUT2D eigenvalue weighted by atomic mass is 9.95. The molecule has 2 N–H and O–H groups in total. The van der Waals surface area contributed by atoms with Crippen molar-refractivity contribution in [1.29, 1.82) is 0 Å². The van der Waals surface area contributed by atoms with Crippen LogP contribution in [-0.2, 0) is 13.0 Å². The second kappa shape index (κ2) is 10.5. The average molecular weight is 511 g/mol. The van der Waals surface area contributed by atoms with E-state index in [9.17, 15) is 14.3 Å². The van der Waals surface area contributed by atoms with Crippen molar-refractivity contribution in [1.82, 2.24) is 14.5 Å². The molecular weight excluding hydrogens is 483 g/mol. The Labute approximate surface area is 213 Å². The molecule has 0 fully saturated rings. The molecule has 36 heavy (non-hydrogen) atoms. The van der Waals surface area contributed by atoms with Gasteiger partial charge in [0, 0.05) is 35.8 Å². The molecule has 9 heteroatoms. The molecule has 0 aliphatic rings. The van der Waals surface area contributed by atoms with Crippen LogP contribution >= 0.6 is 11.6 Å². The van der Waals surface area contributed by atoms with Gasteiger partial charge in [-0.3, -0.25) is 0 Å². The van der Waals surface area contributed by atoms with Crippen LogP contribution in [0.2, 0.25) is 5.02 Å². The molecule has 7 nitrogen and oxygen atoms in total. The minimum absolute atomic E-state index is 0.235. The Morgan fingerprint density at radius 1 is 1.22 bits per heavy atom. The van der Waals surface area contributed by atoms with E-state index < -0.39 is 11.8 Å². The van der Waals surface area contributed by atoms with E-state index in [4.69, 9.17) is 16.3 Å². The van der Waals surface area contributed by atoms with Gasteiger partial charge in [0.05, 0.1) is 28.9 Å². The molecule has 0 saturated heterocycles. The Bertz CT molecular complexity index is 1430. The first kappa shape index (κ1) is 25.4. The number of aromatic nitrogens is 3. The van der Waals surface area contributed by atoms with Gasteiger partial charge in [0.15, 0.2) is 0 Å².